The molecule has 1 N–H and O–H groups in total. The zero-order valence-electron chi connectivity index (χ0n) is 12.2. The Kier molecular flexibility index (Phi) is 3.81. The lowest BCUT2D eigenvalue weighted by Gasteiger charge is -2.13. The Balaban J connectivity index is 2.09. The van der Waals surface area contributed by atoms with Crippen molar-refractivity contribution in [3.8, 4) is 0 Å². The summed E-state index contributed by atoms with van der Waals surface area (Å²) in [4.78, 5) is 4.29. The third kappa shape index (κ3) is 2.67. The van der Waals surface area contributed by atoms with Gasteiger partial charge in [0.15, 0.2) is 0 Å². The van der Waals surface area contributed by atoms with Crippen LogP contribution in [0.2, 0.25) is 0 Å². The number of fused-ring (bicyclic) bond motifs is 1. The molecule has 1 aromatic heterocycles. The zero-order valence-corrected chi connectivity index (χ0v) is 13.0. The van der Waals surface area contributed by atoms with Gasteiger partial charge in [-0.25, -0.2) is 8.42 Å². The van der Waals surface area contributed by atoms with Crippen LogP contribution in [0.25, 0.3) is 10.8 Å². The Bertz CT molecular complexity index is 915. The number of aryl methyl sites for hydroxylation is 1. The first kappa shape index (κ1) is 14.5. The summed E-state index contributed by atoms with van der Waals surface area (Å²) >= 11 is 0. The first-order valence-electron chi connectivity index (χ1n) is 7.05. The van der Waals surface area contributed by atoms with Crippen LogP contribution in [0.15, 0.2) is 65.8 Å². The SMILES string of the molecule is CCc1ccccc1NS(=O)(=O)c1cccc2cnccc12. The Hall–Kier alpha value is -2.40. The number of nitrogens with one attached hydrogen (secondary N) is 1. The van der Waals surface area contributed by atoms with Gasteiger partial charge in [0.2, 0.25) is 0 Å². The average Bonchev–Trinajstić information content (AvgIpc) is 2.54. The molecular formula is C17H16N2O2S. The number of nitrogens with zero attached hydrogens (tertiary/aromatic N) is 1. The predicted molar refractivity (Wildman–Crippen MR) is 88.4 cm³/mol. The van der Waals surface area contributed by atoms with Gasteiger partial charge in [-0.3, -0.25) is 9.71 Å². The van der Waals surface area contributed by atoms with E-state index in [9.17, 15) is 8.42 Å². The van der Waals surface area contributed by atoms with Crippen LogP contribution in [0, 0.1) is 0 Å². The van der Waals surface area contributed by atoms with Crippen LogP contribution < -0.4 is 4.72 Å². The van der Waals surface area contributed by atoms with E-state index in [-0.39, 0.29) is 4.90 Å². The lowest BCUT2D eigenvalue weighted by Crippen LogP contribution is -2.14. The normalized spacial score (nSPS) is 11.5. The third-order valence-electron chi connectivity index (χ3n) is 3.57. The van der Waals surface area contributed by atoms with E-state index in [1.165, 1.54) is 0 Å². The molecule has 112 valence electrons. The quantitative estimate of drug-likeness (QED) is 0.801. The minimum atomic E-state index is -3.65. The van der Waals surface area contributed by atoms with Gasteiger partial charge in [0.1, 0.15) is 0 Å². The second kappa shape index (κ2) is 5.77. The van der Waals surface area contributed by atoms with E-state index < -0.39 is 10.0 Å². The standard InChI is InChI=1S/C17H16N2O2S/c1-2-13-6-3-4-8-16(13)19-22(20,21)17-9-5-7-14-12-18-11-10-15(14)17/h3-12,19H,2H2,1H3. The van der Waals surface area contributed by atoms with Crippen LogP contribution in [0.5, 0.6) is 0 Å². The summed E-state index contributed by atoms with van der Waals surface area (Å²) in [6.45, 7) is 2.00. The highest BCUT2D eigenvalue weighted by atomic mass is 32.2. The van der Waals surface area contributed by atoms with Crippen LogP contribution in [0.3, 0.4) is 0 Å². The molecule has 0 unspecified atom stereocenters. The molecule has 4 nitrogen and oxygen atoms in total. The molecule has 0 aliphatic carbocycles. The summed E-state index contributed by atoms with van der Waals surface area (Å²) in [5.41, 5.74) is 1.59. The Morgan fingerprint density at radius 3 is 2.68 bits per heavy atom. The van der Waals surface area contributed by atoms with E-state index in [0.717, 1.165) is 17.4 Å². The van der Waals surface area contributed by atoms with Crippen molar-refractivity contribution in [1.82, 2.24) is 4.98 Å². The third-order valence-corrected chi connectivity index (χ3v) is 5.00. The molecule has 0 bridgehead atoms. The summed E-state index contributed by atoms with van der Waals surface area (Å²) in [7, 11) is -3.65. The molecule has 5 heteroatoms. The second-order valence-electron chi connectivity index (χ2n) is 4.97. The Morgan fingerprint density at radius 1 is 1.05 bits per heavy atom. The maximum absolute atomic E-state index is 12.8. The summed E-state index contributed by atoms with van der Waals surface area (Å²) < 4.78 is 28.2. The Labute approximate surface area is 129 Å². The fourth-order valence-electron chi connectivity index (χ4n) is 2.46. The fraction of sp³-hybridized carbons (Fsp3) is 0.118. The minimum absolute atomic E-state index is 0.262. The zero-order chi connectivity index (χ0) is 15.6. The van der Waals surface area contributed by atoms with Crippen LogP contribution >= 0.6 is 0 Å². The lowest BCUT2D eigenvalue weighted by molar-refractivity contribution is 0.602. The van der Waals surface area contributed by atoms with Gasteiger partial charge < -0.3 is 0 Å². The molecule has 0 atom stereocenters. The molecule has 1 heterocycles. The van der Waals surface area contributed by atoms with Crippen LogP contribution in [0.4, 0.5) is 5.69 Å². The largest absolute Gasteiger partial charge is 0.279 e. The maximum atomic E-state index is 12.8. The van der Waals surface area contributed by atoms with E-state index in [1.807, 2.05) is 31.2 Å². The van der Waals surface area contributed by atoms with Crippen molar-refractivity contribution in [3.63, 3.8) is 0 Å². The van der Waals surface area contributed by atoms with Gasteiger partial charge >= 0.3 is 0 Å². The second-order valence-corrected chi connectivity index (χ2v) is 6.62. The van der Waals surface area contributed by atoms with E-state index >= 15 is 0 Å². The number of rotatable bonds is 4. The predicted octanol–water partition coefficient (Wildman–Crippen LogP) is 3.60. The molecule has 0 spiro atoms. The number of anilines is 1. The Morgan fingerprint density at radius 2 is 1.86 bits per heavy atom. The lowest BCUT2D eigenvalue weighted by atomic mass is 10.1. The average molecular weight is 312 g/mol. The van der Waals surface area contributed by atoms with E-state index in [2.05, 4.69) is 9.71 Å². The van der Waals surface area contributed by atoms with Crippen molar-refractivity contribution >= 4 is 26.5 Å². The highest BCUT2D eigenvalue weighted by molar-refractivity contribution is 7.93. The van der Waals surface area contributed by atoms with Crippen molar-refractivity contribution < 1.29 is 8.42 Å². The first-order valence-corrected chi connectivity index (χ1v) is 8.53. The molecule has 3 rings (SSSR count). The van der Waals surface area contributed by atoms with Crippen molar-refractivity contribution in [3.05, 3.63) is 66.5 Å². The monoisotopic (exact) mass is 312 g/mol. The molecule has 2 aromatic carbocycles. The van der Waals surface area contributed by atoms with Crippen LogP contribution in [-0.2, 0) is 16.4 Å². The highest BCUT2D eigenvalue weighted by Gasteiger charge is 2.18. The number of sulfonamides is 1. The number of hydrogen-bond acceptors (Lipinski definition) is 3. The fourth-order valence-corrected chi connectivity index (χ4v) is 3.79. The van der Waals surface area contributed by atoms with Gasteiger partial charge in [-0.05, 0) is 30.2 Å². The van der Waals surface area contributed by atoms with Crippen molar-refractivity contribution in [1.29, 1.82) is 0 Å². The van der Waals surface area contributed by atoms with E-state index in [4.69, 9.17) is 0 Å². The first-order chi connectivity index (χ1) is 10.6. The molecule has 0 radical (unpaired) electrons. The number of hydrogen-bond donors (Lipinski definition) is 1. The molecular weight excluding hydrogens is 296 g/mol. The minimum Gasteiger partial charge on any atom is -0.279 e. The molecule has 0 saturated heterocycles. The van der Waals surface area contributed by atoms with E-state index in [1.54, 1.807) is 36.7 Å². The number of para-hydroxylation sites is 1. The van der Waals surface area contributed by atoms with Gasteiger partial charge in [0.25, 0.3) is 10.0 Å². The smallest absolute Gasteiger partial charge is 0.262 e. The van der Waals surface area contributed by atoms with Gasteiger partial charge in [0.05, 0.1) is 10.6 Å². The van der Waals surface area contributed by atoms with Crippen molar-refractivity contribution in [2.45, 2.75) is 18.2 Å². The van der Waals surface area contributed by atoms with Crippen LogP contribution in [-0.4, -0.2) is 13.4 Å². The number of benzene rings is 2. The van der Waals surface area contributed by atoms with Gasteiger partial charge in [-0.15, -0.1) is 0 Å². The van der Waals surface area contributed by atoms with Gasteiger partial charge in [-0.1, -0.05) is 37.3 Å². The molecule has 0 amide bonds. The summed E-state index contributed by atoms with van der Waals surface area (Å²) in [6.07, 6.45) is 4.02. The molecule has 0 aliphatic heterocycles. The van der Waals surface area contributed by atoms with Crippen LogP contribution in [0.1, 0.15) is 12.5 Å². The summed E-state index contributed by atoms with van der Waals surface area (Å²) in [5, 5.41) is 1.47. The summed E-state index contributed by atoms with van der Waals surface area (Å²) in [6, 6.07) is 14.3. The topological polar surface area (TPSA) is 59.1 Å². The highest BCUT2D eigenvalue weighted by Crippen LogP contribution is 2.25. The number of pyridine rings is 1. The van der Waals surface area contributed by atoms with Crippen molar-refractivity contribution in [2.75, 3.05) is 4.72 Å². The summed E-state index contributed by atoms with van der Waals surface area (Å²) in [5.74, 6) is 0. The molecule has 22 heavy (non-hydrogen) atoms. The molecule has 0 fully saturated rings. The molecule has 3 aromatic rings. The maximum Gasteiger partial charge on any atom is 0.262 e. The van der Waals surface area contributed by atoms with Gasteiger partial charge in [0, 0.05) is 23.2 Å². The number of aromatic nitrogens is 1. The van der Waals surface area contributed by atoms with Crippen molar-refractivity contribution in [2.24, 2.45) is 0 Å². The van der Waals surface area contributed by atoms with E-state index in [0.29, 0.717) is 11.1 Å². The molecule has 0 aliphatic rings. The molecule has 0 saturated carbocycles. The van der Waals surface area contributed by atoms with Gasteiger partial charge in [-0.2, -0.15) is 0 Å².